The van der Waals surface area contributed by atoms with Crippen molar-refractivity contribution in [2.24, 2.45) is 0 Å². The summed E-state index contributed by atoms with van der Waals surface area (Å²) >= 11 is 0. The van der Waals surface area contributed by atoms with Crippen LogP contribution in [-0.2, 0) is 0 Å². The molecular formula is C20H24N2O4. The molecule has 6 heteroatoms. The minimum atomic E-state index is -0.432. The number of hydrogen-bond acceptors (Lipinski definition) is 4. The maximum Gasteiger partial charge on any atom is 0.273 e. The number of hydrazine groups is 1. The lowest BCUT2D eigenvalue weighted by molar-refractivity contribution is 0.0844. The molecule has 2 amide bonds. The second-order valence-corrected chi connectivity index (χ2v) is 5.69. The van der Waals surface area contributed by atoms with Gasteiger partial charge in [-0.05, 0) is 42.8 Å². The fourth-order valence-corrected chi connectivity index (χ4v) is 2.31. The lowest BCUT2D eigenvalue weighted by Crippen LogP contribution is -2.41. The molecule has 2 aromatic rings. The zero-order valence-electron chi connectivity index (χ0n) is 15.1. The molecule has 2 aromatic carbocycles. The molecule has 138 valence electrons. The number of rotatable bonds is 8. The van der Waals surface area contributed by atoms with Crippen LogP contribution in [0.15, 0.2) is 48.5 Å². The van der Waals surface area contributed by atoms with Gasteiger partial charge >= 0.3 is 0 Å². The zero-order valence-corrected chi connectivity index (χ0v) is 15.1. The average molecular weight is 356 g/mol. The normalized spacial score (nSPS) is 10.1. The van der Waals surface area contributed by atoms with Crippen LogP contribution in [0.5, 0.6) is 11.5 Å². The number of amides is 2. The summed E-state index contributed by atoms with van der Waals surface area (Å²) in [6.45, 7) is 2.67. The Bertz CT molecular complexity index is 729. The van der Waals surface area contributed by atoms with Crippen LogP contribution in [0.25, 0.3) is 0 Å². The van der Waals surface area contributed by atoms with Gasteiger partial charge in [-0.2, -0.15) is 0 Å². The van der Waals surface area contributed by atoms with Crippen molar-refractivity contribution >= 4 is 11.8 Å². The first kappa shape index (κ1) is 19.3. The Balaban J connectivity index is 1.93. The van der Waals surface area contributed by atoms with E-state index in [1.807, 2.05) is 6.07 Å². The van der Waals surface area contributed by atoms with Crippen molar-refractivity contribution in [2.75, 3.05) is 13.7 Å². The molecule has 0 aliphatic heterocycles. The van der Waals surface area contributed by atoms with Crippen molar-refractivity contribution in [3.05, 3.63) is 59.7 Å². The molecule has 0 radical (unpaired) electrons. The van der Waals surface area contributed by atoms with Crippen molar-refractivity contribution in [1.82, 2.24) is 10.9 Å². The number of carbonyl (C=O) groups excluding carboxylic acids is 2. The predicted molar refractivity (Wildman–Crippen MR) is 99.4 cm³/mol. The van der Waals surface area contributed by atoms with Gasteiger partial charge in [-0.1, -0.05) is 31.9 Å². The summed E-state index contributed by atoms with van der Waals surface area (Å²) in [5.41, 5.74) is 5.61. The van der Waals surface area contributed by atoms with Gasteiger partial charge < -0.3 is 9.47 Å². The summed E-state index contributed by atoms with van der Waals surface area (Å²) in [6, 6.07) is 13.5. The van der Waals surface area contributed by atoms with Gasteiger partial charge in [0.1, 0.15) is 11.5 Å². The molecule has 0 heterocycles. The first-order chi connectivity index (χ1) is 12.7. The van der Waals surface area contributed by atoms with Crippen molar-refractivity contribution in [3.8, 4) is 11.5 Å². The largest absolute Gasteiger partial charge is 0.497 e. The number of ether oxygens (including phenoxy) is 2. The highest BCUT2D eigenvalue weighted by Crippen LogP contribution is 2.18. The van der Waals surface area contributed by atoms with E-state index >= 15 is 0 Å². The molecular weight excluding hydrogens is 332 g/mol. The van der Waals surface area contributed by atoms with Gasteiger partial charge in [0, 0.05) is 5.56 Å². The molecule has 0 spiro atoms. The zero-order chi connectivity index (χ0) is 18.8. The topological polar surface area (TPSA) is 76.7 Å². The van der Waals surface area contributed by atoms with Crippen molar-refractivity contribution in [3.63, 3.8) is 0 Å². The highest BCUT2D eigenvalue weighted by molar-refractivity contribution is 6.00. The fourth-order valence-electron chi connectivity index (χ4n) is 2.31. The van der Waals surface area contributed by atoms with Gasteiger partial charge in [0.25, 0.3) is 11.8 Å². The molecule has 6 nitrogen and oxygen atoms in total. The number of benzene rings is 2. The number of para-hydroxylation sites is 1. The minimum absolute atomic E-state index is 0.374. The minimum Gasteiger partial charge on any atom is -0.497 e. The van der Waals surface area contributed by atoms with Gasteiger partial charge in [0.15, 0.2) is 0 Å². The summed E-state index contributed by atoms with van der Waals surface area (Å²) in [7, 11) is 1.55. The molecule has 2 rings (SSSR count). The highest BCUT2D eigenvalue weighted by atomic mass is 16.5. The van der Waals surface area contributed by atoms with Gasteiger partial charge in [-0.25, -0.2) is 0 Å². The SMILES string of the molecule is CCCCCOc1ccccc1C(=O)NNC(=O)c1ccc(OC)cc1. The van der Waals surface area contributed by atoms with E-state index in [0.717, 1.165) is 19.3 Å². The fraction of sp³-hybridized carbons (Fsp3) is 0.300. The van der Waals surface area contributed by atoms with Crippen LogP contribution in [0.2, 0.25) is 0 Å². The van der Waals surface area contributed by atoms with Gasteiger partial charge in [-0.3, -0.25) is 20.4 Å². The second kappa shape index (κ2) is 10.1. The van der Waals surface area contributed by atoms with Gasteiger partial charge in [0.05, 0.1) is 19.3 Å². The van der Waals surface area contributed by atoms with E-state index in [1.165, 1.54) is 0 Å². The van der Waals surface area contributed by atoms with E-state index in [9.17, 15) is 9.59 Å². The van der Waals surface area contributed by atoms with Gasteiger partial charge in [0.2, 0.25) is 0 Å². The lowest BCUT2D eigenvalue weighted by Gasteiger charge is -2.12. The Hall–Kier alpha value is -3.02. The predicted octanol–water partition coefficient (Wildman–Crippen LogP) is 3.34. The van der Waals surface area contributed by atoms with Gasteiger partial charge in [-0.15, -0.1) is 0 Å². The van der Waals surface area contributed by atoms with Crippen LogP contribution in [0.1, 0.15) is 46.9 Å². The summed E-state index contributed by atoms with van der Waals surface area (Å²) in [5, 5.41) is 0. The molecule has 0 bridgehead atoms. The molecule has 0 saturated carbocycles. The van der Waals surface area contributed by atoms with Crippen LogP contribution >= 0.6 is 0 Å². The van der Waals surface area contributed by atoms with Crippen LogP contribution in [0.4, 0.5) is 0 Å². The first-order valence-corrected chi connectivity index (χ1v) is 8.62. The number of unbranched alkanes of at least 4 members (excludes halogenated alkanes) is 2. The van der Waals surface area contributed by atoms with Crippen LogP contribution in [-0.4, -0.2) is 25.5 Å². The molecule has 0 unspecified atom stereocenters. The molecule has 0 fully saturated rings. The quantitative estimate of drug-likeness (QED) is 0.562. The maximum atomic E-state index is 12.4. The first-order valence-electron chi connectivity index (χ1n) is 8.62. The molecule has 0 atom stereocenters. The Labute approximate surface area is 153 Å². The maximum absolute atomic E-state index is 12.4. The van der Waals surface area contributed by atoms with Crippen molar-refractivity contribution in [2.45, 2.75) is 26.2 Å². The van der Waals surface area contributed by atoms with E-state index in [1.54, 1.807) is 49.6 Å². The van der Waals surface area contributed by atoms with Crippen LogP contribution in [0.3, 0.4) is 0 Å². The standard InChI is InChI=1S/C20H24N2O4/c1-3-4-7-14-26-18-9-6-5-8-17(18)20(24)22-21-19(23)15-10-12-16(25-2)13-11-15/h5-6,8-13H,3-4,7,14H2,1-2H3,(H,21,23)(H,22,24). The third kappa shape index (κ3) is 5.51. The highest BCUT2D eigenvalue weighted by Gasteiger charge is 2.13. The van der Waals surface area contributed by atoms with E-state index in [4.69, 9.17) is 9.47 Å². The second-order valence-electron chi connectivity index (χ2n) is 5.69. The van der Waals surface area contributed by atoms with Crippen molar-refractivity contribution < 1.29 is 19.1 Å². The summed E-state index contributed by atoms with van der Waals surface area (Å²) < 4.78 is 10.7. The Morgan fingerprint density at radius 3 is 2.31 bits per heavy atom. The van der Waals surface area contributed by atoms with E-state index in [2.05, 4.69) is 17.8 Å². The third-order valence-electron chi connectivity index (χ3n) is 3.78. The summed E-state index contributed by atoms with van der Waals surface area (Å²) in [6.07, 6.45) is 3.11. The third-order valence-corrected chi connectivity index (χ3v) is 3.78. The summed E-state index contributed by atoms with van der Waals surface area (Å²) in [4.78, 5) is 24.5. The molecule has 0 aliphatic rings. The average Bonchev–Trinajstić information content (AvgIpc) is 2.69. The lowest BCUT2D eigenvalue weighted by atomic mass is 10.2. The van der Waals surface area contributed by atoms with E-state index in [-0.39, 0.29) is 0 Å². The number of carbonyl (C=O) groups is 2. The number of methoxy groups -OCH3 is 1. The van der Waals surface area contributed by atoms with Crippen molar-refractivity contribution in [1.29, 1.82) is 0 Å². The summed E-state index contributed by atoms with van der Waals surface area (Å²) in [5.74, 6) is 0.305. The molecule has 0 aliphatic carbocycles. The Morgan fingerprint density at radius 1 is 0.923 bits per heavy atom. The van der Waals surface area contributed by atoms with E-state index in [0.29, 0.717) is 29.2 Å². The van der Waals surface area contributed by atoms with Crippen LogP contribution in [0, 0.1) is 0 Å². The van der Waals surface area contributed by atoms with E-state index < -0.39 is 11.8 Å². The Morgan fingerprint density at radius 2 is 1.62 bits per heavy atom. The Kier molecular flexibility index (Phi) is 7.49. The molecule has 2 N–H and O–H groups in total. The molecule has 26 heavy (non-hydrogen) atoms. The monoisotopic (exact) mass is 356 g/mol. The smallest absolute Gasteiger partial charge is 0.273 e. The molecule has 0 saturated heterocycles. The van der Waals surface area contributed by atoms with Crippen LogP contribution < -0.4 is 20.3 Å². The number of hydrogen-bond donors (Lipinski definition) is 2. The molecule has 0 aromatic heterocycles. The number of nitrogens with one attached hydrogen (secondary N) is 2.